The summed E-state index contributed by atoms with van der Waals surface area (Å²) in [4.78, 5) is 30.8. The van der Waals surface area contributed by atoms with Crippen molar-refractivity contribution in [3.63, 3.8) is 0 Å². The Morgan fingerprint density at radius 2 is 1.84 bits per heavy atom. The van der Waals surface area contributed by atoms with Gasteiger partial charge in [0.25, 0.3) is 5.91 Å². The van der Waals surface area contributed by atoms with Gasteiger partial charge >= 0.3 is 0 Å². The Morgan fingerprint density at radius 1 is 1.09 bits per heavy atom. The highest BCUT2D eigenvalue weighted by Crippen LogP contribution is 2.29. The molecule has 0 saturated heterocycles. The van der Waals surface area contributed by atoms with Gasteiger partial charge in [0.1, 0.15) is 11.8 Å². The lowest BCUT2D eigenvalue weighted by Gasteiger charge is -2.32. The van der Waals surface area contributed by atoms with Crippen molar-refractivity contribution in [3.8, 4) is 5.75 Å². The van der Waals surface area contributed by atoms with Crippen LogP contribution in [0.5, 0.6) is 5.75 Å². The molecule has 6 nitrogen and oxygen atoms in total. The Kier molecular flexibility index (Phi) is 6.59. The fourth-order valence-corrected chi connectivity index (χ4v) is 4.04. The van der Waals surface area contributed by atoms with Crippen molar-refractivity contribution in [2.24, 2.45) is 5.92 Å². The van der Waals surface area contributed by atoms with E-state index in [0.717, 1.165) is 11.9 Å². The molecule has 0 radical (unpaired) electrons. The maximum Gasteiger partial charge on any atom is 0.258 e. The van der Waals surface area contributed by atoms with Gasteiger partial charge in [0.05, 0.1) is 0 Å². The number of nitrogens with zero attached hydrogens (tertiary/aromatic N) is 1. The minimum absolute atomic E-state index is 0.0258. The van der Waals surface area contributed by atoms with Gasteiger partial charge in [-0.2, -0.15) is 0 Å². The molecule has 2 N–H and O–H groups in total. The van der Waals surface area contributed by atoms with Crippen LogP contribution in [-0.2, 0) is 9.59 Å². The summed E-state index contributed by atoms with van der Waals surface area (Å²) in [5.74, 6) is 0.249. The molecular weight excluding hydrogens is 402 g/mol. The first kappa shape index (κ1) is 21.7. The predicted molar refractivity (Wildman–Crippen MR) is 126 cm³/mol. The van der Waals surface area contributed by atoms with Crippen LogP contribution < -0.4 is 10.1 Å². The van der Waals surface area contributed by atoms with Gasteiger partial charge in [-0.25, -0.2) is 0 Å². The molecule has 1 aromatic heterocycles. The standard InChI is InChI=1S/C26H29N3O3/c1-18(2)25(28-24(30)17-32-20-8-4-3-5-9-20)26(31)29-14-12-19(13-15-29)22-16-27-23-11-7-6-10-21(22)23/h3-12,16,18,25,27H,13-15,17H2,1-2H3,(H,28,30)/t25-/m1/s1. The summed E-state index contributed by atoms with van der Waals surface area (Å²) in [5.41, 5.74) is 3.55. The number of rotatable bonds is 7. The van der Waals surface area contributed by atoms with E-state index in [0.29, 0.717) is 18.8 Å². The second kappa shape index (κ2) is 9.73. The highest BCUT2D eigenvalue weighted by molar-refractivity contribution is 5.93. The van der Waals surface area contributed by atoms with Crippen molar-refractivity contribution in [3.05, 3.63) is 72.4 Å². The van der Waals surface area contributed by atoms with E-state index in [1.807, 2.05) is 55.3 Å². The van der Waals surface area contributed by atoms with Gasteiger partial charge in [0.2, 0.25) is 5.91 Å². The number of hydrogen-bond acceptors (Lipinski definition) is 3. The average Bonchev–Trinajstić information content (AvgIpc) is 3.25. The topological polar surface area (TPSA) is 74.4 Å². The maximum absolute atomic E-state index is 13.2. The van der Waals surface area contributed by atoms with Crippen LogP contribution in [0.2, 0.25) is 0 Å². The lowest BCUT2D eigenvalue weighted by molar-refractivity contribution is -0.137. The summed E-state index contributed by atoms with van der Waals surface area (Å²) in [6.45, 7) is 4.93. The van der Waals surface area contributed by atoms with E-state index in [2.05, 4.69) is 28.5 Å². The number of fused-ring (bicyclic) bond motifs is 1. The zero-order valence-corrected chi connectivity index (χ0v) is 18.5. The number of para-hydroxylation sites is 2. The number of H-pyrrole nitrogens is 1. The van der Waals surface area contributed by atoms with Gasteiger partial charge in [-0.3, -0.25) is 9.59 Å². The lowest BCUT2D eigenvalue weighted by atomic mass is 9.97. The van der Waals surface area contributed by atoms with E-state index < -0.39 is 6.04 Å². The van der Waals surface area contributed by atoms with E-state index in [1.165, 1.54) is 16.5 Å². The summed E-state index contributed by atoms with van der Waals surface area (Å²) < 4.78 is 5.51. The molecule has 0 saturated carbocycles. The normalized spacial score (nSPS) is 14.8. The summed E-state index contributed by atoms with van der Waals surface area (Å²) in [6, 6.07) is 16.8. The summed E-state index contributed by atoms with van der Waals surface area (Å²) in [7, 11) is 0. The number of ether oxygens (including phenoxy) is 1. The molecule has 0 aliphatic carbocycles. The summed E-state index contributed by atoms with van der Waals surface area (Å²) in [6.07, 6.45) is 4.94. The number of aromatic nitrogens is 1. The fraction of sp³-hybridized carbons (Fsp3) is 0.308. The molecule has 0 fully saturated rings. The van der Waals surface area contributed by atoms with E-state index in [-0.39, 0.29) is 24.3 Å². The Balaban J connectivity index is 1.38. The van der Waals surface area contributed by atoms with Crippen molar-refractivity contribution >= 4 is 28.3 Å². The van der Waals surface area contributed by atoms with Crippen LogP contribution in [0, 0.1) is 5.92 Å². The second-order valence-electron chi connectivity index (χ2n) is 8.40. The lowest BCUT2D eigenvalue weighted by Crippen LogP contribution is -2.53. The van der Waals surface area contributed by atoms with E-state index >= 15 is 0 Å². The smallest absolute Gasteiger partial charge is 0.258 e. The molecule has 0 bridgehead atoms. The maximum atomic E-state index is 13.2. The SMILES string of the molecule is CC(C)[C@@H](NC(=O)COc1ccccc1)C(=O)N1CC=C(c2c[nH]c3ccccc23)CC1. The quantitative estimate of drug-likeness (QED) is 0.594. The molecule has 2 heterocycles. The molecule has 6 heteroatoms. The molecule has 1 aliphatic heterocycles. The molecular formula is C26H29N3O3. The Labute approximate surface area is 188 Å². The zero-order chi connectivity index (χ0) is 22.5. The monoisotopic (exact) mass is 431 g/mol. The van der Waals surface area contributed by atoms with Gasteiger partial charge in [-0.05, 0) is 36.1 Å². The summed E-state index contributed by atoms with van der Waals surface area (Å²) in [5, 5.41) is 4.06. The third-order valence-electron chi connectivity index (χ3n) is 5.82. The van der Waals surface area contributed by atoms with Crippen molar-refractivity contribution in [2.45, 2.75) is 26.3 Å². The second-order valence-corrected chi connectivity index (χ2v) is 8.40. The largest absolute Gasteiger partial charge is 0.484 e. The molecule has 3 aromatic rings. The Hall–Kier alpha value is -3.54. The molecule has 166 valence electrons. The molecule has 2 amide bonds. The number of nitrogens with one attached hydrogen (secondary N) is 2. The average molecular weight is 432 g/mol. The van der Waals surface area contributed by atoms with Crippen LogP contribution in [0.25, 0.3) is 16.5 Å². The number of amides is 2. The Morgan fingerprint density at radius 3 is 2.56 bits per heavy atom. The third-order valence-corrected chi connectivity index (χ3v) is 5.82. The van der Waals surface area contributed by atoms with Crippen molar-refractivity contribution in [2.75, 3.05) is 19.7 Å². The van der Waals surface area contributed by atoms with E-state index in [9.17, 15) is 9.59 Å². The van der Waals surface area contributed by atoms with Crippen LogP contribution in [-0.4, -0.2) is 47.4 Å². The van der Waals surface area contributed by atoms with Gasteiger partial charge in [0, 0.05) is 35.8 Å². The van der Waals surface area contributed by atoms with E-state index in [4.69, 9.17) is 4.74 Å². The van der Waals surface area contributed by atoms with Crippen LogP contribution in [0.4, 0.5) is 0 Å². The minimum Gasteiger partial charge on any atom is -0.484 e. The van der Waals surface area contributed by atoms with Crippen molar-refractivity contribution in [1.82, 2.24) is 15.2 Å². The number of carbonyl (C=O) groups excluding carboxylic acids is 2. The van der Waals surface area contributed by atoms with Crippen molar-refractivity contribution < 1.29 is 14.3 Å². The molecule has 2 aromatic carbocycles. The molecule has 32 heavy (non-hydrogen) atoms. The fourth-order valence-electron chi connectivity index (χ4n) is 4.04. The van der Waals surface area contributed by atoms with Crippen LogP contribution in [0.3, 0.4) is 0 Å². The zero-order valence-electron chi connectivity index (χ0n) is 18.5. The molecule has 4 rings (SSSR count). The highest BCUT2D eigenvalue weighted by Gasteiger charge is 2.30. The highest BCUT2D eigenvalue weighted by atomic mass is 16.5. The molecule has 0 spiro atoms. The van der Waals surface area contributed by atoms with Crippen LogP contribution in [0.1, 0.15) is 25.8 Å². The number of hydrogen-bond donors (Lipinski definition) is 2. The molecule has 0 unspecified atom stereocenters. The molecule has 1 atom stereocenters. The van der Waals surface area contributed by atoms with Gasteiger partial charge in [-0.1, -0.05) is 56.3 Å². The van der Waals surface area contributed by atoms with Gasteiger partial charge in [0.15, 0.2) is 6.61 Å². The van der Waals surface area contributed by atoms with Crippen molar-refractivity contribution in [1.29, 1.82) is 0 Å². The minimum atomic E-state index is -0.579. The van der Waals surface area contributed by atoms with Gasteiger partial charge < -0.3 is 19.9 Å². The first-order chi connectivity index (χ1) is 15.5. The Bertz CT molecular complexity index is 1120. The predicted octanol–water partition coefficient (Wildman–Crippen LogP) is 4.00. The number of benzene rings is 2. The third kappa shape index (κ3) is 4.85. The molecule has 1 aliphatic rings. The first-order valence-electron chi connectivity index (χ1n) is 11.0. The first-order valence-corrected chi connectivity index (χ1v) is 11.0. The van der Waals surface area contributed by atoms with Crippen LogP contribution >= 0.6 is 0 Å². The van der Waals surface area contributed by atoms with Gasteiger partial charge in [-0.15, -0.1) is 0 Å². The van der Waals surface area contributed by atoms with E-state index in [1.54, 1.807) is 12.1 Å². The van der Waals surface area contributed by atoms with Crippen LogP contribution in [0.15, 0.2) is 66.9 Å². The summed E-state index contributed by atoms with van der Waals surface area (Å²) >= 11 is 0. The number of aromatic amines is 1. The number of carbonyl (C=O) groups is 2.